The second-order valence-corrected chi connectivity index (χ2v) is 3.78. The Bertz CT molecular complexity index is 327. The van der Waals surface area contributed by atoms with E-state index in [0.29, 0.717) is 0 Å². The zero-order valence-electron chi connectivity index (χ0n) is 9.39. The number of hydrogen-bond donors (Lipinski definition) is 0. The summed E-state index contributed by atoms with van der Waals surface area (Å²) in [5.41, 5.74) is 6.15. The van der Waals surface area contributed by atoms with Crippen molar-refractivity contribution in [2.24, 2.45) is 0 Å². The average Bonchev–Trinajstić information content (AvgIpc) is 1.99. The molecule has 1 aromatic rings. The quantitative estimate of drug-likeness (QED) is 0.656. The summed E-state index contributed by atoms with van der Waals surface area (Å²) in [4.78, 5) is 6.64. The molecule has 0 bridgehead atoms. The molecule has 0 fully saturated rings. The van der Waals surface area contributed by atoms with Gasteiger partial charge in [0.1, 0.15) is 0 Å². The first-order valence-electron chi connectivity index (χ1n) is 4.57. The number of aryl methyl sites for hydroxylation is 2. The van der Waals surface area contributed by atoms with Crippen LogP contribution in [-0.2, 0) is 0 Å². The van der Waals surface area contributed by atoms with Crippen LogP contribution >= 0.6 is 0 Å². The summed E-state index contributed by atoms with van der Waals surface area (Å²) in [5.74, 6) is 0. The third kappa shape index (κ3) is 1.67. The van der Waals surface area contributed by atoms with Crippen LogP contribution in [0.2, 0.25) is 0 Å². The fourth-order valence-electron chi connectivity index (χ4n) is 1.77. The maximum absolute atomic E-state index is 4.51. The summed E-state index contributed by atoms with van der Waals surface area (Å²) in [7, 11) is 4.12. The number of rotatable bonds is 1. The van der Waals surface area contributed by atoms with Gasteiger partial charge in [0.2, 0.25) is 0 Å². The van der Waals surface area contributed by atoms with E-state index in [1.54, 1.807) is 0 Å². The largest absolute Gasteiger partial charge is 0.376 e. The van der Waals surface area contributed by atoms with Gasteiger partial charge in [0, 0.05) is 19.8 Å². The lowest BCUT2D eigenvalue weighted by atomic mass is 10.1. The monoisotopic (exact) mass is 178 g/mol. The Labute approximate surface area is 80.6 Å². The molecule has 13 heavy (non-hydrogen) atoms. The van der Waals surface area contributed by atoms with Crippen molar-refractivity contribution >= 4 is 5.69 Å². The zero-order chi connectivity index (χ0) is 10.2. The fraction of sp³-hybridized carbons (Fsp3) is 0.545. The van der Waals surface area contributed by atoms with Gasteiger partial charge in [-0.2, -0.15) is 0 Å². The van der Waals surface area contributed by atoms with Gasteiger partial charge in [-0.05, 0) is 38.8 Å². The number of nitrogens with zero attached hydrogens (tertiary/aromatic N) is 2. The predicted molar refractivity (Wildman–Crippen MR) is 57.5 cm³/mol. The summed E-state index contributed by atoms with van der Waals surface area (Å²) in [5, 5.41) is 0. The van der Waals surface area contributed by atoms with Crippen LogP contribution < -0.4 is 4.90 Å². The SMILES string of the molecule is Cc1nc(C)c(N(C)C)c(C)c1C. The molecule has 0 atom stereocenters. The summed E-state index contributed by atoms with van der Waals surface area (Å²) in [6, 6.07) is 0. The van der Waals surface area contributed by atoms with Crippen molar-refractivity contribution < 1.29 is 0 Å². The summed E-state index contributed by atoms with van der Waals surface area (Å²) in [6.45, 7) is 8.42. The molecule has 1 rings (SSSR count). The van der Waals surface area contributed by atoms with Crippen LogP contribution in [0.15, 0.2) is 0 Å². The molecule has 0 aromatic carbocycles. The first kappa shape index (κ1) is 10.0. The van der Waals surface area contributed by atoms with Crippen molar-refractivity contribution in [3.8, 4) is 0 Å². The van der Waals surface area contributed by atoms with Crippen LogP contribution in [0.1, 0.15) is 22.5 Å². The van der Waals surface area contributed by atoms with Crippen molar-refractivity contribution in [2.75, 3.05) is 19.0 Å². The lowest BCUT2D eigenvalue weighted by Gasteiger charge is -2.20. The number of hydrogen-bond acceptors (Lipinski definition) is 2. The minimum absolute atomic E-state index is 1.12. The Kier molecular flexibility index (Phi) is 2.60. The molecule has 0 spiro atoms. The van der Waals surface area contributed by atoms with Crippen LogP contribution in [0.4, 0.5) is 5.69 Å². The lowest BCUT2D eigenvalue weighted by molar-refractivity contribution is 1.01. The standard InChI is InChI=1S/C11H18N2/c1-7-8(2)11(13(5)6)10(4)12-9(7)3/h1-6H3. The molecule has 1 aromatic heterocycles. The van der Waals surface area contributed by atoms with Crippen LogP contribution in [-0.4, -0.2) is 19.1 Å². The molecule has 72 valence electrons. The smallest absolute Gasteiger partial charge is 0.0611 e. The molecule has 0 N–H and O–H groups in total. The molecular weight excluding hydrogens is 160 g/mol. The highest BCUT2D eigenvalue weighted by Gasteiger charge is 2.10. The summed E-state index contributed by atoms with van der Waals surface area (Å²) in [6.07, 6.45) is 0. The molecule has 0 unspecified atom stereocenters. The average molecular weight is 178 g/mol. The molecular formula is C11H18N2. The molecule has 1 heterocycles. The highest BCUT2D eigenvalue weighted by atomic mass is 15.1. The van der Waals surface area contributed by atoms with E-state index in [-0.39, 0.29) is 0 Å². The molecule has 0 amide bonds. The Balaban J connectivity index is 3.44. The Morgan fingerprint density at radius 3 is 1.85 bits per heavy atom. The van der Waals surface area contributed by atoms with Crippen molar-refractivity contribution in [1.29, 1.82) is 0 Å². The molecule has 0 aliphatic carbocycles. The zero-order valence-corrected chi connectivity index (χ0v) is 9.39. The van der Waals surface area contributed by atoms with Crippen molar-refractivity contribution in [3.63, 3.8) is 0 Å². The molecule has 0 aliphatic heterocycles. The third-order valence-corrected chi connectivity index (χ3v) is 2.59. The van der Waals surface area contributed by atoms with Crippen LogP contribution in [0.3, 0.4) is 0 Å². The number of pyridine rings is 1. The third-order valence-electron chi connectivity index (χ3n) is 2.59. The Morgan fingerprint density at radius 2 is 1.38 bits per heavy atom. The molecule has 0 saturated carbocycles. The van der Waals surface area contributed by atoms with Crippen LogP contribution in [0.5, 0.6) is 0 Å². The first-order chi connectivity index (χ1) is 5.95. The van der Waals surface area contributed by atoms with E-state index in [4.69, 9.17) is 0 Å². The predicted octanol–water partition coefficient (Wildman–Crippen LogP) is 2.38. The normalized spacial score (nSPS) is 10.3. The van der Waals surface area contributed by atoms with Crippen LogP contribution in [0, 0.1) is 27.7 Å². The summed E-state index contributed by atoms with van der Waals surface area (Å²) < 4.78 is 0. The second-order valence-electron chi connectivity index (χ2n) is 3.78. The topological polar surface area (TPSA) is 16.1 Å². The van der Waals surface area contributed by atoms with Gasteiger partial charge in [-0.25, -0.2) is 0 Å². The van der Waals surface area contributed by atoms with E-state index in [1.165, 1.54) is 16.8 Å². The van der Waals surface area contributed by atoms with Gasteiger partial charge < -0.3 is 4.90 Å². The molecule has 0 saturated heterocycles. The minimum Gasteiger partial charge on any atom is -0.376 e. The van der Waals surface area contributed by atoms with E-state index in [2.05, 4.69) is 51.7 Å². The van der Waals surface area contributed by atoms with E-state index < -0.39 is 0 Å². The van der Waals surface area contributed by atoms with Gasteiger partial charge in [0.25, 0.3) is 0 Å². The van der Waals surface area contributed by atoms with E-state index in [1.807, 2.05) is 0 Å². The van der Waals surface area contributed by atoms with Gasteiger partial charge in [0.15, 0.2) is 0 Å². The molecule has 2 heteroatoms. The van der Waals surface area contributed by atoms with Gasteiger partial charge in [0.05, 0.1) is 11.4 Å². The highest BCUT2D eigenvalue weighted by Crippen LogP contribution is 2.25. The van der Waals surface area contributed by atoms with Gasteiger partial charge in [-0.15, -0.1) is 0 Å². The minimum atomic E-state index is 1.12. The van der Waals surface area contributed by atoms with Gasteiger partial charge in [-0.1, -0.05) is 0 Å². The lowest BCUT2D eigenvalue weighted by Crippen LogP contribution is -2.14. The van der Waals surface area contributed by atoms with E-state index in [0.717, 1.165) is 11.4 Å². The van der Waals surface area contributed by atoms with Gasteiger partial charge >= 0.3 is 0 Å². The van der Waals surface area contributed by atoms with Crippen molar-refractivity contribution in [2.45, 2.75) is 27.7 Å². The van der Waals surface area contributed by atoms with Crippen LogP contribution in [0.25, 0.3) is 0 Å². The first-order valence-corrected chi connectivity index (χ1v) is 4.57. The maximum atomic E-state index is 4.51. The van der Waals surface area contributed by atoms with E-state index >= 15 is 0 Å². The maximum Gasteiger partial charge on any atom is 0.0611 e. The number of anilines is 1. The van der Waals surface area contributed by atoms with Gasteiger partial charge in [-0.3, -0.25) is 4.98 Å². The molecule has 0 aliphatic rings. The molecule has 0 radical (unpaired) electrons. The Morgan fingerprint density at radius 1 is 0.846 bits per heavy atom. The second kappa shape index (κ2) is 3.36. The fourth-order valence-corrected chi connectivity index (χ4v) is 1.77. The van der Waals surface area contributed by atoms with Crippen molar-refractivity contribution in [3.05, 3.63) is 22.5 Å². The van der Waals surface area contributed by atoms with E-state index in [9.17, 15) is 0 Å². The Hall–Kier alpha value is -1.05. The molecule has 2 nitrogen and oxygen atoms in total. The number of aromatic nitrogens is 1. The summed E-state index contributed by atoms with van der Waals surface area (Å²) >= 11 is 0. The van der Waals surface area contributed by atoms with Crippen molar-refractivity contribution in [1.82, 2.24) is 4.98 Å². The highest BCUT2D eigenvalue weighted by molar-refractivity contribution is 5.58.